The zero-order chi connectivity index (χ0) is 21.0. The number of hydrogen-bond acceptors (Lipinski definition) is 5. The fourth-order valence-corrected chi connectivity index (χ4v) is 3.75. The van der Waals surface area contributed by atoms with Crippen molar-refractivity contribution in [1.29, 1.82) is 0 Å². The van der Waals surface area contributed by atoms with Gasteiger partial charge in [0.25, 0.3) is 11.1 Å². The molecule has 2 aromatic rings. The maximum absolute atomic E-state index is 13.0. The Morgan fingerprint density at radius 3 is 2.66 bits per heavy atom. The molecule has 0 aromatic heterocycles. The van der Waals surface area contributed by atoms with Gasteiger partial charge in [-0.05, 0) is 53.2 Å². The van der Waals surface area contributed by atoms with Gasteiger partial charge in [-0.3, -0.25) is 14.5 Å². The molecule has 1 fully saturated rings. The molecule has 1 saturated heterocycles. The van der Waals surface area contributed by atoms with Gasteiger partial charge in [0.1, 0.15) is 12.4 Å². The van der Waals surface area contributed by atoms with Crippen LogP contribution >= 0.6 is 23.4 Å². The molecular formula is C21H15ClFNO4S. The van der Waals surface area contributed by atoms with Crippen molar-refractivity contribution in [1.82, 2.24) is 4.90 Å². The minimum atomic E-state index is -0.438. The van der Waals surface area contributed by atoms with Gasteiger partial charge in [-0.15, -0.1) is 6.42 Å². The van der Waals surface area contributed by atoms with E-state index in [-0.39, 0.29) is 28.9 Å². The van der Waals surface area contributed by atoms with Gasteiger partial charge in [-0.2, -0.15) is 0 Å². The van der Waals surface area contributed by atoms with Crippen LogP contribution in [0.4, 0.5) is 9.18 Å². The van der Waals surface area contributed by atoms with Crippen LogP contribution in [0.5, 0.6) is 11.5 Å². The first kappa shape index (κ1) is 20.8. The Hall–Kier alpha value is -2.95. The number of amides is 2. The van der Waals surface area contributed by atoms with Crippen molar-refractivity contribution in [3.63, 3.8) is 0 Å². The third-order valence-corrected chi connectivity index (χ3v) is 5.17. The molecule has 0 aliphatic carbocycles. The zero-order valence-corrected chi connectivity index (χ0v) is 16.8. The van der Waals surface area contributed by atoms with E-state index in [1.807, 2.05) is 0 Å². The third kappa shape index (κ3) is 4.73. The largest absolute Gasteiger partial charge is 0.493 e. The molecule has 0 atom stereocenters. The summed E-state index contributed by atoms with van der Waals surface area (Å²) in [5.74, 6) is 2.17. The van der Waals surface area contributed by atoms with Crippen molar-refractivity contribution in [3.05, 3.63) is 63.3 Å². The molecule has 29 heavy (non-hydrogen) atoms. The summed E-state index contributed by atoms with van der Waals surface area (Å²) in [4.78, 5) is 26.3. The van der Waals surface area contributed by atoms with Crippen LogP contribution in [0.25, 0.3) is 6.08 Å². The number of rotatable bonds is 6. The summed E-state index contributed by atoms with van der Waals surface area (Å²) in [5.41, 5.74) is 1.21. The fourth-order valence-electron chi connectivity index (χ4n) is 2.64. The van der Waals surface area contributed by atoms with Gasteiger partial charge in [0.05, 0.1) is 23.6 Å². The Morgan fingerprint density at radius 1 is 1.28 bits per heavy atom. The number of terminal acetylenes is 1. The highest BCUT2D eigenvalue weighted by Crippen LogP contribution is 2.39. The van der Waals surface area contributed by atoms with Crippen LogP contribution in [0.15, 0.2) is 41.3 Å². The smallest absolute Gasteiger partial charge is 0.293 e. The van der Waals surface area contributed by atoms with E-state index in [1.165, 1.54) is 31.4 Å². The molecule has 1 heterocycles. The topological polar surface area (TPSA) is 55.8 Å². The van der Waals surface area contributed by atoms with E-state index in [9.17, 15) is 14.0 Å². The van der Waals surface area contributed by atoms with E-state index in [1.54, 1.807) is 18.2 Å². The highest BCUT2D eigenvalue weighted by molar-refractivity contribution is 8.18. The van der Waals surface area contributed by atoms with Crippen molar-refractivity contribution in [2.45, 2.75) is 6.54 Å². The quantitative estimate of drug-likeness (QED) is 0.488. The van der Waals surface area contributed by atoms with Crippen LogP contribution in [0.2, 0.25) is 5.02 Å². The molecule has 0 N–H and O–H groups in total. The maximum atomic E-state index is 13.0. The highest BCUT2D eigenvalue weighted by atomic mass is 35.5. The molecule has 8 heteroatoms. The summed E-state index contributed by atoms with van der Waals surface area (Å²) in [6.07, 6.45) is 6.75. The van der Waals surface area contributed by atoms with Gasteiger partial charge < -0.3 is 9.47 Å². The lowest BCUT2D eigenvalue weighted by Crippen LogP contribution is -2.27. The second-order valence-electron chi connectivity index (χ2n) is 5.92. The third-order valence-electron chi connectivity index (χ3n) is 3.98. The number of carbonyl (C=O) groups excluding carboxylic acids is 2. The number of hydrogen-bond donors (Lipinski definition) is 0. The molecule has 1 aliphatic rings. The Kier molecular flexibility index (Phi) is 6.47. The van der Waals surface area contributed by atoms with Crippen LogP contribution in [0.3, 0.4) is 0 Å². The molecular weight excluding hydrogens is 417 g/mol. The molecule has 0 spiro atoms. The first-order valence-corrected chi connectivity index (χ1v) is 9.56. The number of nitrogens with zero attached hydrogens (tertiary/aromatic N) is 1. The summed E-state index contributed by atoms with van der Waals surface area (Å²) in [6, 6.07) is 8.84. The number of methoxy groups -OCH3 is 1. The summed E-state index contributed by atoms with van der Waals surface area (Å²) >= 11 is 7.06. The first-order valence-electron chi connectivity index (χ1n) is 8.36. The number of thioether (sulfide) groups is 1. The molecule has 2 amide bonds. The lowest BCUT2D eigenvalue weighted by Gasteiger charge is -2.12. The Morgan fingerprint density at radius 2 is 2.00 bits per heavy atom. The fraction of sp³-hybridized carbons (Fsp3) is 0.143. The first-order chi connectivity index (χ1) is 13.9. The predicted molar refractivity (Wildman–Crippen MR) is 110 cm³/mol. The maximum Gasteiger partial charge on any atom is 0.293 e. The number of carbonyl (C=O) groups is 2. The van der Waals surface area contributed by atoms with Gasteiger partial charge in [0.2, 0.25) is 0 Å². The van der Waals surface area contributed by atoms with Crippen LogP contribution < -0.4 is 9.47 Å². The van der Waals surface area contributed by atoms with E-state index < -0.39 is 11.1 Å². The average molecular weight is 432 g/mol. The lowest BCUT2D eigenvalue weighted by molar-refractivity contribution is -0.123. The van der Waals surface area contributed by atoms with Crippen molar-refractivity contribution >= 4 is 40.6 Å². The molecule has 0 radical (unpaired) electrons. The second kappa shape index (κ2) is 9.03. The molecule has 5 nitrogen and oxygen atoms in total. The van der Waals surface area contributed by atoms with Gasteiger partial charge in [-0.25, -0.2) is 4.39 Å². The summed E-state index contributed by atoms with van der Waals surface area (Å²) in [6.45, 7) is 0.0862. The normalized spacial score (nSPS) is 15.0. The lowest BCUT2D eigenvalue weighted by atomic mass is 10.1. The Labute approximate surface area is 176 Å². The summed E-state index contributed by atoms with van der Waals surface area (Å²) in [7, 11) is 1.45. The minimum absolute atomic E-state index is 0.0255. The van der Waals surface area contributed by atoms with E-state index >= 15 is 0 Å². The van der Waals surface area contributed by atoms with Gasteiger partial charge in [0.15, 0.2) is 11.5 Å². The highest BCUT2D eigenvalue weighted by Gasteiger charge is 2.35. The van der Waals surface area contributed by atoms with Crippen LogP contribution in [-0.4, -0.2) is 29.8 Å². The number of imide groups is 1. The molecule has 0 unspecified atom stereocenters. The predicted octanol–water partition coefficient (Wildman–Crippen LogP) is 4.74. The molecule has 0 saturated carbocycles. The number of halogens is 2. The van der Waals surface area contributed by atoms with Crippen LogP contribution in [-0.2, 0) is 11.3 Å². The van der Waals surface area contributed by atoms with Crippen molar-refractivity contribution in [2.75, 3.05) is 13.7 Å². The van der Waals surface area contributed by atoms with Crippen molar-refractivity contribution < 1.29 is 23.5 Å². The standard InChI is InChI=1S/C21H15ClFNO4S/c1-3-8-28-19-16(22)9-14(10-17(19)27-2)11-18-20(25)24(21(26)29-18)12-13-4-6-15(23)7-5-13/h1,4-7,9-11H,8,12H2,2H3/b18-11-. The Balaban J connectivity index is 1.84. The van der Waals surface area contributed by atoms with E-state index in [4.69, 9.17) is 27.5 Å². The van der Waals surface area contributed by atoms with Crippen molar-refractivity contribution in [3.8, 4) is 23.8 Å². The van der Waals surface area contributed by atoms with Crippen LogP contribution in [0, 0.1) is 18.2 Å². The molecule has 1 aliphatic heterocycles. The van der Waals surface area contributed by atoms with Gasteiger partial charge in [0, 0.05) is 0 Å². The molecule has 2 aromatic carbocycles. The SMILES string of the molecule is C#CCOc1c(Cl)cc(/C=C2\SC(=O)N(Cc3ccc(F)cc3)C2=O)cc1OC. The zero-order valence-electron chi connectivity index (χ0n) is 15.3. The van der Waals surface area contributed by atoms with E-state index in [0.29, 0.717) is 22.6 Å². The van der Waals surface area contributed by atoms with E-state index in [0.717, 1.165) is 16.7 Å². The molecule has 148 valence electrons. The molecule has 0 bridgehead atoms. The van der Waals surface area contributed by atoms with Gasteiger partial charge >= 0.3 is 0 Å². The van der Waals surface area contributed by atoms with Gasteiger partial charge in [-0.1, -0.05) is 29.7 Å². The van der Waals surface area contributed by atoms with Crippen molar-refractivity contribution in [2.24, 2.45) is 0 Å². The molecule has 3 rings (SSSR count). The van der Waals surface area contributed by atoms with Crippen LogP contribution in [0.1, 0.15) is 11.1 Å². The monoisotopic (exact) mass is 431 g/mol. The number of benzene rings is 2. The van der Waals surface area contributed by atoms with E-state index in [2.05, 4.69) is 5.92 Å². The number of ether oxygens (including phenoxy) is 2. The Bertz CT molecular complexity index is 1030. The average Bonchev–Trinajstić information content (AvgIpc) is 2.95. The minimum Gasteiger partial charge on any atom is -0.493 e. The second-order valence-corrected chi connectivity index (χ2v) is 7.32. The summed E-state index contributed by atoms with van der Waals surface area (Å²) in [5, 5.41) is -0.144. The summed E-state index contributed by atoms with van der Waals surface area (Å²) < 4.78 is 23.7.